The van der Waals surface area contributed by atoms with Gasteiger partial charge in [-0.1, -0.05) is 11.6 Å². The lowest BCUT2D eigenvalue weighted by atomic mass is 9.91. The third kappa shape index (κ3) is 2.54. The first-order chi connectivity index (χ1) is 8.02. The number of methoxy groups -OCH3 is 1. The first-order valence-electron chi connectivity index (χ1n) is 5.63. The summed E-state index contributed by atoms with van der Waals surface area (Å²) in [6, 6.07) is 3.81. The fraction of sp³-hybridized carbons (Fsp3) is 0.538. The molecule has 0 aliphatic heterocycles. The highest BCUT2D eigenvalue weighted by Crippen LogP contribution is 2.35. The molecule has 1 saturated carbocycles. The van der Waals surface area contributed by atoms with Gasteiger partial charge in [0.15, 0.2) is 0 Å². The third-order valence-electron chi connectivity index (χ3n) is 3.15. The molecule has 94 valence electrons. The predicted octanol–water partition coefficient (Wildman–Crippen LogP) is 3.73. The van der Waals surface area contributed by atoms with E-state index in [2.05, 4.69) is 0 Å². The maximum Gasteiger partial charge on any atom is 0.128 e. The van der Waals surface area contributed by atoms with E-state index in [0.29, 0.717) is 0 Å². The van der Waals surface area contributed by atoms with Crippen LogP contribution in [0.25, 0.3) is 0 Å². The quantitative estimate of drug-likeness (QED) is 0.782. The largest absolute Gasteiger partial charge is 0.487 e. The van der Waals surface area contributed by atoms with Crippen molar-refractivity contribution in [1.29, 1.82) is 0 Å². The fourth-order valence-corrected chi connectivity index (χ4v) is 2.94. The molecule has 3 unspecified atom stereocenters. The zero-order valence-electron chi connectivity index (χ0n) is 10.2. The van der Waals surface area contributed by atoms with E-state index in [1.54, 1.807) is 7.11 Å². The number of alkyl halides is 1. The lowest BCUT2D eigenvalue weighted by Crippen LogP contribution is -2.52. The fourth-order valence-electron chi connectivity index (χ4n) is 2.18. The van der Waals surface area contributed by atoms with Crippen molar-refractivity contribution in [3.8, 4) is 5.75 Å². The maximum absolute atomic E-state index is 6.05. The Morgan fingerprint density at radius 1 is 1.24 bits per heavy atom. The molecule has 1 aliphatic rings. The van der Waals surface area contributed by atoms with Crippen molar-refractivity contribution in [1.82, 2.24) is 0 Å². The minimum absolute atomic E-state index is 0.0221. The summed E-state index contributed by atoms with van der Waals surface area (Å²) in [6.07, 6.45) is 0.842. The van der Waals surface area contributed by atoms with Gasteiger partial charge in [0.05, 0.1) is 5.38 Å². The SMILES string of the molecule is COC1C(Cl)CC1Oc1c(C)cc(Cl)cc1C. The highest BCUT2D eigenvalue weighted by Gasteiger charge is 2.42. The van der Waals surface area contributed by atoms with Gasteiger partial charge in [-0.2, -0.15) is 0 Å². The van der Waals surface area contributed by atoms with Gasteiger partial charge in [0, 0.05) is 18.6 Å². The number of benzene rings is 1. The topological polar surface area (TPSA) is 18.5 Å². The Kier molecular flexibility index (Phi) is 3.86. The van der Waals surface area contributed by atoms with Crippen LogP contribution >= 0.6 is 23.2 Å². The number of halogens is 2. The molecule has 0 amide bonds. The van der Waals surface area contributed by atoms with E-state index in [1.807, 2.05) is 26.0 Å². The molecule has 17 heavy (non-hydrogen) atoms. The minimum atomic E-state index is -0.0221. The number of hydrogen-bond donors (Lipinski definition) is 0. The molecule has 0 heterocycles. The third-order valence-corrected chi connectivity index (χ3v) is 3.79. The molecule has 1 aromatic carbocycles. The molecule has 2 nitrogen and oxygen atoms in total. The Balaban J connectivity index is 2.14. The van der Waals surface area contributed by atoms with Crippen LogP contribution in [0.2, 0.25) is 5.02 Å². The molecule has 4 heteroatoms. The van der Waals surface area contributed by atoms with Crippen LogP contribution in [-0.4, -0.2) is 24.7 Å². The van der Waals surface area contributed by atoms with Crippen LogP contribution in [0.1, 0.15) is 17.5 Å². The lowest BCUT2D eigenvalue weighted by Gasteiger charge is -2.40. The number of ether oxygens (including phenoxy) is 2. The standard InChI is InChI=1S/C13H16Cl2O2/c1-7-4-9(14)5-8(2)12(7)17-11-6-10(15)13(11)16-3/h4-5,10-11,13H,6H2,1-3H3. The van der Waals surface area contributed by atoms with Gasteiger partial charge < -0.3 is 9.47 Å². The second kappa shape index (κ2) is 5.05. The Morgan fingerprint density at radius 2 is 1.82 bits per heavy atom. The van der Waals surface area contributed by atoms with E-state index in [1.165, 1.54) is 0 Å². The zero-order valence-corrected chi connectivity index (χ0v) is 11.7. The van der Waals surface area contributed by atoms with Crippen LogP contribution in [0.5, 0.6) is 5.75 Å². The van der Waals surface area contributed by atoms with Crippen LogP contribution in [0.4, 0.5) is 0 Å². The molecule has 1 aliphatic carbocycles. The summed E-state index contributed by atoms with van der Waals surface area (Å²) in [4.78, 5) is 0. The van der Waals surface area contributed by atoms with E-state index in [4.69, 9.17) is 32.7 Å². The number of rotatable bonds is 3. The molecule has 1 aromatic rings. The van der Waals surface area contributed by atoms with Crippen molar-refractivity contribution in [2.45, 2.75) is 37.9 Å². The highest BCUT2D eigenvalue weighted by molar-refractivity contribution is 6.30. The average molecular weight is 275 g/mol. The predicted molar refractivity (Wildman–Crippen MR) is 70.4 cm³/mol. The second-order valence-electron chi connectivity index (χ2n) is 4.48. The summed E-state index contributed by atoms with van der Waals surface area (Å²) >= 11 is 12.0. The van der Waals surface area contributed by atoms with Gasteiger partial charge >= 0.3 is 0 Å². The normalized spacial score (nSPS) is 27.7. The average Bonchev–Trinajstić information content (AvgIpc) is 2.21. The van der Waals surface area contributed by atoms with Crippen molar-refractivity contribution in [3.63, 3.8) is 0 Å². The molecular weight excluding hydrogens is 259 g/mol. The summed E-state index contributed by atoms with van der Waals surface area (Å²) in [7, 11) is 1.66. The van der Waals surface area contributed by atoms with Crippen molar-refractivity contribution in [2.75, 3.05) is 7.11 Å². The van der Waals surface area contributed by atoms with Crippen molar-refractivity contribution in [2.24, 2.45) is 0 Å². The van der Waals surface area contributed by atoms with Crippen LogP contribution in [0.3, 0.4) is 0 Å². The molecule has 3 atom stereocenters. The Bertz CT molecular complexity index is 397. The van der Waals surface area contributed by atoms with Gasteiger partial charge in [-0.25, -0.2) is 0 Å². The Morgan fingerprint density at radius 3 is 2.29 bits per heavy atom. The molecule has 0 bridgehead atoms. The smallest absolute Gasteiger partial charge is 0.128 e. The molecule has 2 rings (SSSR count). The molecule has 0 saturated heterocycles. The van der Waals surface area contributed by atoms with E-state index in [0.717, 1.165) is 28.3 Å². The van der Waals surface area contributed by atoms with Gasteiger partial charge in [-0.3, -0.25) is 0 Å². The van der Waals surface area contributed by atoms with Gasteiger partial charge in [0.1, 0.15) is 18.0 Å². The Labute approximate surface area is 112 Å². The molecule has 1 fully saturated rings. The molecule has 0 N–H and O–H groups in total. The minimum Gasteiger partial charge on any atom is -0.487 e. The van der Waals surface area contributed by atoms with Gasteiger partial charge in [-0.05, 0) is 37.1 Å². The van der Waals surface area contributed by atoms with Crippen LogP contribution in [-0.2, 0) is 4.74 Å². The summed E-state index contributed by atoms with van der Waals surface area (Å²) in [5, 5.41) is 0.789. The Hall–Kier alpha value is -0.440. The van der Waals surface area contributed by atoms with Crippen LogP contribution in [0.15, 0.2) is 12.1 Å². The second-order valence-corrected chi connectivity index (χ2v) is 5.47. The van der Waals surface area contributed by atoms with Crippen molar-refractivity contribution in [3.05, 3.63) is 28.3 Å². The first-order valence-corrected chi connectivity index (χ1v) is 6.44. The van der Waals surface area contributed by atoms with Gasteiger partial charge in [-0.15, -0.1) is 11.6 Å². The molecule has 0 spiro atoms. The molecule has 0 aromatic heterocycles. The van der Waals surface area contributed by atoms with E-state index < -0.39 is 0 Å². The molecular formula is C13H16Cl2O2. The van der Waals surface area contributed by atoms with Gasteiger partial charge in [0.2, 0.25) is 0 Å². The number of hydrogen-bond acceptors (Lipinski definition) is 2. The summed E-state index contributed by atoms with van der Waals surface area (Å²) < 4.78 is 11.3. The summed E-state index contributed by atoms with van der Waals surface area (Å²) in [5.74, 6) is 0.894. The summed E-state index contributed by atoms with van der Waals surface area (Å²) in [5.41, 5.74) is 2.09. The molecule has 0 radical (unpaired) electrons. The highest BCUT2D eigenvalue weighted by atomic mass is 35.5. The number of aryl methyl sites for hydroxylation is 2. The van der Waals surface area contributed by atoms with Gasteiger partial charge in [0.25, 0.3) is 0 Å². The zero-order chi connectivity index (χ0) is 12.6. The van der Waals surface area contributed by atoms with Crippen LogP contribution < -0.4 is 4.74 Å². The monoisotopic (exact) mass is 274 g/mol. The lowest BCUT2D eigenvalue weighted by molar-refractivity contribution is -0.0588. The van der Waals surface area contributed by atoms with E-state index >= 15 is 0 Å². The van der Waals surface area contributed by atoms with Crippen molar-refractivity contribution < 1.29 is 9.47 Å². The van der Waals surface area contributed by atoms with E-state index in [-0.39, 0.29) is 17.6 Å². The maximum atomic E-state index is 6.05. The summed E-state index contributed by atoms with van der Waals surface area (Å²) in [6.45, 7) is 3.99. The van der Waals surface area contributed by atoms with E-state index in [9.17, 15) is 0 Å². The first kappa shape index (κ1) is 13.0. The van der Waals surface area contributed by atoms with Crippen LogP contribution in [0, 0.1) is 13.8 Å². The van der Waals surface area contributed by atoms with Crippen molar-refractivity contribution >= 4 is 23.2 Å².